The number of thiophene rings is 1. The van der Waals surface area contributed by atoms with Crippen molar-refractivity contribution in [2.75, 3.05) is 11.9 Å². The van der Waals surface area contributed by atoms with Crippen molar-refractivity contribution in [1.82, 2.24) is 0 Å². The van der Waals surface area contributed by atoms with Gasteiger partial charge in [-0.1, -0.05) is 20.3 Å². The number of hydrogen-bond acceptors (Lipinski definition) is 5. The number of carbonyl (C=O) groups excluding carboxylic acids is 3. The highest BCUT2D eigenvalue weighted by atomic mass is 32.1. The summed E-state index contributed by atoms with van der Waals surface area (Å²) in [4.78, 5) is 37.2. The molecule has 0 aliphatic rings. The second-order valence-electron chi connectivity index (χ2n) is 5.92. The van der Waals surface area contributed by atoms with Gasteiger partial charge in [-0.05, 0) is 48.7 Å². The van der Waals surface area contributed by atoms with Crippen LogP contribution in [0.25, 0.3) is 0 Å². The Labute approximate surface area is 157 Å². The average Bonchev–Trinajstić information content (AvgIpc) is 3.03. The van der Waals surface area contributed by atoms with Crippen LogP contribution < -0.4 is 5.32 Å². The van der Waals surface area contributed by atoms with Crippen molar-refractivity contribution < 1.29 is 19.1 Å². The Bertz CT molecular complexity index is 793. The zero-order valence-corrected chi connectivity index (χ0v) is 16.1. The molecule has 0 spiro atoms. The third-order valence-electron chi connectivity index (χ3n) is 3.82. The number of Topliss-reactive ketones (excluding diaryl/α,β-unsaturated/α-hetero) is 1. The summed E-state index contributed by atoms with van der Waals surface area (Å²) >= 11 is 1.45. The van der Waals surface area contributed by atoms with Gasteiger partial charge in [-0.2, -0.15) is 0 Å². The van der Waals surface area contributed by atoms with Gasteiger partial charge in [0.15, 0.2) is 12.4 Å². The number of nitrogens with one attached hydrogen (secondary N) is 1. The van der Waals surface area contributed by atoms with E-state index in [9.17, 15) is 14.4 Å². The molecular weight excluding hydrogens is 350 g/mol. The Hall–Kier alpha value is -2.47. The predicted octanol–water partition coefficient (Wildman–Crippen LogP) is 4.26. The van der Waals surface area contributed by atoms with Crippen LogP contribution in [0.3, 0.4) is 0 Å². The van der Waals surface area contributed by atoms with Gasteiger partial charge in [-0.15, -0.1) is 11.3 Å². The van der Waals surface area contributed by atoms with Crippen LogP contribution in [0.1, 0.15) is 57.7 Å². The Kier molecular flexibility index (Phi) is 7.09. The molecule has 1 aromatic carbocycles. The zero-order valence-electron chi connectivity index (χ0n) is 15.3. The van der Waals surface area contributed by atoms with Crippen molar-refractivity contribution in [2.24, 2.45) is 0 Å². The minimum absolute atomic E-state index is 0.178. The molecular formula is C20H23NO4S. The van der Waals surface area contributed by atoms with Crippen molar-refractivity contribution in [3.63, 3.8) is 0 Å². The van der Waals surface area contributed by atoms with Gasteiger partial charge in [0.25, 0.3) is 0 Å². The van der Waals surface area contributed by atoms with E-state index in [1.165, 1.54) is 28.7 Å². The van der Waals surface area contributed by atoms with E-state index in [-0.39, 0.29) is 18.3 Å². The lowest BCUT2D eigenvalue weighted by atomic mass is 10.1. The minimum atomic E-state index is -0.463. The van der Waals surface area contributed by atoms with E-state index < -0.39 is 5.97 Å². The molecule has 6 heteroatoms. The number of benzene rings is 1. The van der Waals surface area contributed by atoms with Gasteiger partial charge in [0.05, 0.1) is 0 Å². The molecule has 1 heterocycles. The Morgan fingerprint density at radius 1 is 1.12 bits per heavy atom. The van der Waals surface area contributed by atoms with Crippen LogP contribution >= 0.6 is 11.3 Å². The molecule has 0 saturated heterocycles. The number of rotatable bonds is 8. The summed E-state index contributed by atoms with van der Waals surface area (Å²) in [5.41, 5.74) is 2.21. The van der Waals surface area contributed by atoms with Gasteiger partial charge in [0.2, 0.25) is 5.91 Å². The lowest BCUT2D eigenvalue weighted by Gasteiger charge is -2.05. The first-order chi connectivity index (χ1) is 12.4. The van der Waals surface area contributed by atoms with Crippen LogP contribution in [-0.2, 0) is 22.4 Å². The SMILES string of the molecule is CCCc1sc(C(=O)OCC(=O)c2ccc(NC(C)=O)cc2)cc1CC. The summed E-state index contributed by atoms with van der Waals surface area (Å²) in [6.45, 7) is 5.28. The van der Waals surface area contributed by atoms with E-state index in [0.29, 0.717) is 16.1 Å². The maximum absolute atomic E-state index is 12.2. The summed E-state index contributed by atoms with van der Waals surface area (Å²) in [5, 5.41) is 2.63. The number of carbonyl (C=O) groups is 3. The Morgan fingerprint density at radius 3 is 2.38 bits per heavy atom. The molecule has 0 fully saturated rings. The molecule has 0 saturated carbocycles. The summed E-state index contributed by atoms with van der Waals surface area (Å²) in [5.74, 6) is -0.924. The van der Waals surface area contributed by atoms with Gasteiger partial charge in [-0.3, -0.25) is 9.59 Å². The monoisotopic (exact) mass is 373 g/mol. The lowest BCUT2D eigenvalue weighted by Crippen LogP contribution is -2.13. The zero-order chi connectivity index (χ0) is 19.1. The van der Waals surface area contributed by atoms with E-state index >= 15 is 0 Å². The summed E-state index contributed by atoms with van der Waals surface area (Å²) in [6.07, 6.45) is 2.84. The number of hydrogen-bond donors (Lipinski definition) is 1. The summed E-state index contributed by atoms with van der Waals surface area (Å²) in [7, 11) is 0. The number of anilines is 1. The summed E-state index contributed by atoms with van der Waals surface area (Å²) < 4.78 is 5.18. The van der Waals surface area contributed by atoms with E-state index in [2.05, 4.69) is 19.2 Å². The van der Waals surface area contributed by atoms with Gasteiger partial charge in [0.1, 0.15) is 4.88 Å². The van der Waals surface area contributed by atoms with Crippen LogP contribution in [0.15, 0.2) is 30.3 Å². The smallest absolute Gasteiger partial charge is 0.348 e. The number of aryl methyl sites for hydroxylation is 2. The molecule has 0 bridgehead atoms. The fourth-order valence-electron chi connectivity index (χ4n) is 2.53. The van der Waals surface area contributed by atoms with E-state index in [4.69, 9.17) is 4.74 Å². The predicted molar refractivity (Wildman–Crippen MR) is 103 cm³/mol. The highest BCUT2D eigenvalue weighted by Crippen LogP contribution is 2.25. The lowest BCUT2D eigenvalue weighted by molar-refractivity contribution is -0.114. The highest BCUT2D eigenvalue weighted by molar-refractivity contribution is 7.14. The summed E-state index contributed by atoms with van der Waals surface area (Å²) in [6, 6.07) is 8.34. The molecule has 2 aromatic rings. The van der Waals surface area contributed by atoms with Crippen molar-refractivity contribution in [1.29, 1.82) is 0 Å². The quantitative estimate of drug-likeness (QED) is 0.554. The Balaban J connectivity index is 1.96. The normalized spacial score (nSPS) is 10.4. The van der Waals surface area contributed by atoms with Crippen LogP contribution in [-0.4, -0.2) is 24.3 Å². The number of ketones is 1. The molecule has 1 N–H and O–H groups in total. The van der Waals surface area contributed by atoms with Crippen LogP contribution in [0.5, 0.6) is 0 Å². The topological polar surface area (TPSA) is 72.5 Å². The first-order valence-electron chi connectivity index (χ1n) is 8.64. The van der Waals surface area contributed by atoms with E-state index in [1.54, 1.807) is 24.3 Å². The number of amides is 1. The van der Waals surface area contributed by atoms with Crippen LogP contribution in [0.4, 0.5) is 5.69 Å². The molecule has 0 atom stereocenters. The third-order valence-corrected chi connectivity index (χ3v) is 5.03. The van der Waals surface area contributed by atoms with Crippen LogP contribution in [0, 0.1) is 0 Å². The standard InChI is InChI=1S/C20H23NO4S/c1-4-6-18-14(5-2)11-19(26-18)20(24)25-12-17(23)15-7-9-16(10-8-15)21-13(3)22/h7-11H,4-6,12H2,1-3H3,(H,21,22). The van der Waals surface area contributed by atoms with Crippen molar-refractivity contribution in [3.05, 3.63) is 51.2 Å². The molecule has 5 nitrogen and oxygen atoms in total. The first kappa shape index (κ1) is 19.8. The van der Waals surface area contributed by atoms with Gasteiger partial charge in [0, 0.05) is 23.1 Å². The fourth-order valence-corrected chi connectivity index (χ4v) is 3.78. The molecule has 0 radical (unpaired) electrons. The largest absolute Gasteiger partial charge is 0.453 e. The van der Waals surface area contributed by atoms with Gasteiger partial charge < -0.3 is 10.1 Å². The van der Waals surface area contributed by atoms with Crippen molar-refractivity contribution in [2.45, 2.75) is 40.0 Å². The van der Waals surface area contributed by atoms with Crippen molar-refractivity contribution >= 4 is 34.7 Å². The molecule has 0 aliphatic heterocycles. The Morgan fingerprint density at radius 2 is 1.81 bits per heavy atom. The fraction of sp³-hybridized carbons (Fsp3) is 0.350. The van der Waals surface area contributed by atoms with E-state index in [0.717, 1.165) is 19.3 Å². The average molecular weight is 373 g/mol. The molecule has 2 rings (SSSR count). The third kappa shape index (κ3) is 5.26. The molecule has 1 amide bonds. The van der Waals surface area contributed by atoms with E-state index in [1.807, 2.05) is 6.07 Å². The maximum atomic E-state index is 12.2. The second kappa shape index (κ2) is 9.29. The maximum Gasteiger partial charge on any atom is 0.348 e. The van der Waals surface area contributed by atoms with Gasteiger partial charge >= 0.3 is 5.97 Å². The molecule has 26 heavy (non-hydrogen) atoms. The second-order valence-corrected chi connectivity index (χ2v) is 7.06. The number of esters is 1. The molecule has 0 aliphatic carbocycles. The van der Waals surface area contributed by atoms with Gasteiger partial charge in [-0.25, -0.2) is 4.79 Å². The molecule has 1 aromatic heterocycles. The van der Waals surface area contributed by atoms with Crippen LogP contribution in [0.2, 0.25) is 0 Å². The number of ether oxygens (including phenoxy) is 1. The molecule has 138 valence electrons. The first-order valence-corrected chi connectivity index (χ1v) is 9.45. The minimum Gasteiger partial charge on any atom is -0.453 e. The van der Waals surface area contributed by atoms with Crippen molar-refractivity contribution in [3.8, 4) is 0 Å². The highest BCUT2D eigenvalue weighted by Gasteiger charge is 2.16. The molecule has 0 unspecified atom stereocenters.